The molecular formula is C13H10Cl2OS. The lowest BCUT2D eigenvalue weighted by Gasteiger charge is -2.02. The number of hydrogen-bond acceptors (Lipinski definition) is 2. The Kier molecular flexibility index (Phi) is 3.87. The minimum atomic E-state index is 0.121. The lowest BCUT2D eigenvalue weighted by atomic mass is 10.1. The van der Waals surface area contributed by atoms with E-state index in [1.165, 1.54) is 11.3 Å². The number of ketones is 1. The fourth-order valence-electron chi connectivity index (χ4n) is 1.57. The van der Waals surface area contributed by atoms with E-state index in [9.17, 15) is 4.79 Å². The van der Waals surface area contributed by atoms with Gasteiger partial charge < -0.3 is 0 Å². The normalized spacial score (nSPS) is 10.5. The zero-order chi connectivity index (χ0) is 12.4. The van der Waals surface area contributed by atoms with Crippen molar-refractivity contribution in [2.24, 2.45) is 0 Å². The molecule has 0 saturated carbocycles. The number of Topliss-reactive ketones (excluding diaryl/α,β-unsaturated/α-hetero) is 1. The summed E-state index contributed by atoms with van der Waals surface area (Å²) in [5.74, 6) is 0.121. The van der Waals surface area contributed by atoms with E-state index < -0.39 is 0 Å². The van der Waals surface area contributed by atoms with E-state index in [4.69, 9.17) is 23.2 Å². The van der Waals surface area contributed by atoms with Crippen molar-refractivity contribution < 1.29 is 4.79 Å². The molecule has 0 aliphatic rings. The molecule has 1 aromatic carbocycles. The second kappa shape index (κ2) is 5.21. The molecule has 0 aliphatic heterocycles. The van der Waals surface area contributed by atoms with E-state index in [1.807, 2.05) is 24.4 Å². The molecule has 17 heavy (non-hydrogen) atoms. The van der Waals surface area contributed by atoms with Crippen molar-refractivity contribution in [1.29, 1.82) is 0 Å². The number of aryl methyl sites for hydroxylation is 1. The third-order valence-electron chi connectivity index (χ3n) is 2.46. The van der Waals surface area contributed by atoms with Crippen LogP contribution in [0, 0.1) is 6.92 Å². The van der Waals surface area contributed by atoms with E-state index in [1.54, 1.807) is 12.1 Å². The Morgan fingerprint density at radius 2 is 2.00 bits per heavy atom. The Balaban J connectivity index is 2.19. The number of carbonyl (C=O) groups is 1. The fourth-order valence-corrected chi connectivity index (χ4v) is 2.76. The van der Waals surface area contributed by atoms with Gasteiger partial charge in [0.2, 0.25) is 0 Å². The average molecular weight is 285 g/mol. The van der Waals surface area contributed by atoms with Gasteiger partial charge in [0, 0.05) is 6.42 Å². The Bertz CT molecular complexity index is 560. The van der Waals surface area contributed by atoms with E-state index in [0.29, 0.717) is 16.5 Å². The predicted octanol–water partition coefficient (Wildman–Crippen LogP) is 4.79. The van der Waals surface area contributed by atoms with Gasteiger partial charge in [0.05, 0.1) is 14.9 Å². The molecule has 0 bridgehead atoms. The van der Waals surface area contributed by atoms with Crippen molar-refractivity contribution in [2.75, 3.05) is 0 Å². The third kappa shape index (κ3) is 2.89. The maximum absolute atomic E-state index is 12.0. The summed E-state index contributed by atoms with van der Waals surface area (Å²) in [4.78, 5) is 12.8. The number of rotatable bonds is 3. The Morgan fingerprint density at radius 3 is 2.59 bits per heavy atom. The van der Waals surface area contributed by atoms with Crippen LogP contribution in [0.1, 0.15) is 20.8 Å². The highest BCUT2D eigenvalue weighted by Gasteiger charge is 2.11. The van der Waals surface area contributed by atoms with Crippen LogP contribution >= 0.6 is 34.5 Å². The molecule has 2 aromatic rings. The molecule has 0 spiro atoms. The zero-order valence-electron chi connectivity index (χ0n) is 9.17. The number of benzene rings is 1. The van der Waals surface area contributed by atoms with Gasteiger partial charge in [0.15, 0.2) is 5.78 Å². The Morgan fingerprint density at radius 1 is 1.24 bits per heavy atom. The molecule has 0 aliphatic carbocycles. The van der Waals surface area contributed by atoms with Crippen molar-refractivity contribution in [3.05, 3.63) is 55.7 Å². The van der Waals surface area contributed by atoms with Gasteiger partial charge in [-0.3, -0.25) is 4.79 Å². The number of thiophene rings is 1. The summed E-state index contributed by atoms with van der Waals surface area (Å²) >= 11 is 13.2. The first-order chi connectivity index (χ1) is 8.08. The maximum atomic E-state index is 12.0. The van der Waals surface area contributed by atoms with Gasteiger partial charge in [-0.25, -0.2) is 0 Å². The minimum Gasteiger partial charge on any atom is -0.293 e. The third-order valence-corrected chi connectivity index (χ3v) is 4.26. The molecule has 0 fully saturated rings. The van der Waals surface area contributed by atoms with E-state index in [0.717, 1.165) is 16.0 Å². The first kappa shape index (κ1) is 12.6. The topological polar surface area (TPSA) is 17.1 Å². The summed E-state index contributed by atoms with van der Waals surface area (Å²) in [6.45, 7) is 1.94. The van der Waals surface area contributed by atoms with Gasteiger partial charge >= 0.3 is 0 Å². The average Bonchev–Trinajstić information content (AvgIpc) is 2.70. The number of hydrogen-bond donors (Lipinski definition) is 0. The van der Waals surface area contributed by atoms with Crippen molar-refractivity contribution in [1.82, 2.24) is 0 Å². The van der Waals surface area contributed by atoms with Crippen LogP contribution in [-0.4, -0.2) is 5.78 Å². The molecule has 4 heteroatoms. The molecule has 0 amide bonds. The lowest BCUT2D eigenvalue weighted by molar-refractivity contribution is 0.0996. The Hall–Kier alpha value is -0.830. The molecule has 1 aromatic heterocycles. The molecule has 0 atom stereocenters. The predicted molar refractivity (Wildman–Crippen MR) is 73.6 cm³/mol. The summed E-state index contributed by atoms with van der Waals surface area (Å²) in [5, 5.41) is 2.92. The van der Waals surface area contributed by atoms with Crippen molar-refractivity contribution in [3.8, 4) is 0 Å². The monoisotopic (exact) mass is 284 g/mol. The van der Waals surface area contributed by atoms with Gasteiger partial charge in [-0.1, -0.05) is 29.3 Å². The first-order valence-corrected chi connectivity index (χ1v) is 6.72. The van der Waals surface area contributed by atoms with E-state index in [-0.39, 0.29) is 5.78 Å². The molecule has 2 rings (SSSR count). The van der Waals surface area contributed by atoms with Crippen LogP contribution in [0.5, 0.6) is 0 Å². The van der Waals surface area contributed by atoms with Crippen molar-refractivity contribution in [2.45, 2.75) is 13.3 Å². The van der Waals surface area contributed by atoms with Crippen LogP contribution in [-0.2, 0) is 6.42 Å². The highest BCUT2D eigenvalue weighted by Crippen LogP contribution is 2.24. The summed E-state index contributed by atoms with van der Waals surface area (Å²) < 4.78 is 0. The van der Waals surface area contributed by atoms with Crippen LogP contribution in [0.4, 0.5) is 0 Å². The highest BCUT2D eigenvalue weighted by molar-refractivity contribution is 7.12. The summed E-state index contributed by atoms with van der Waals surface area (Å²) in [6.07, 6.45) is 0.359. The second-order valence-corrected chi connectivity index (χ2v) is 5.51. The largest absolute Gasteiger partial charge is 0.293 e. The van der Waals surface area contributed by atoms with Gasteiger partial charge in [0.25, 0.3) is 0 Å². The molecule has 0 radical (unpaired) electrons. The summed E-state index contributed by atoms with van der Waals surface area (Å²) in [7, 11) is 0. The standard InChI is InChI=1S/C13H10Cl2OS/c1-8-4-5-17-13(8)12(16)7-9-2-3-10(14)11(15)6-9/h2-6H,7H2,1H3. The van der Waals surface area contributed by atoms with Crippen LogP contribution in [0.15, 0.2) is 29.6 Å². The van der Waals surface area contributed by atoms with Crippen LogP contribution < -0.4 is 0 Å². The van der Waals surface area contributed by atoms with Gasteiger partial charge in [-0.2, -0.15) is 0 Å². The van der Waals surface area contributed by atoms with Crippen molar-refractivity contribution >= 4 is 40.3 Å². The molecule has 1 heterocycles. The number of halogens is 2. The van der Waals surface area contributed by atoms with Crippen LogP contribution in [0.2, 0.25) is 10.0 Å². The summed E-state index contributed by atoms with van der Waals surface area (Å²) in [5.41, 5.74) is 1.91. The van der Waals surface area contributed by atoms with E-state index >= 15 is 0 Å². The smallest absolute Gasteiger partial charge is 0.177 e. The van der Waals surface area contributed by atoms with Crippen LogP contribution in [0.3, 0.4) is 0 Å². The quantitative estimate of drug-likeness (QED) is 0.741. The first-order valence-electron chi connectivity index (χ1n) is 5.09. The molecule has 0 unspecified atom stereocenters. The summed E-state index contributed by atoms with van der Waals surface area (Å²) in [6, 6.07) is 7.24. The SMILES string of the molecule is Cc1ccsc1C(=O)Cc1ccc(Cl)c(Cl)c1. The number of carbonyl (C=O) groups excluding carboxylic acids is 1. The van der Waals surface area contributed by atoms with Crippen LogP contribution in [0.25, 0.3) is 0 Å². The lowest BCUT2D eigenvalue weighted by Crippen LogP contribution is -2.02. The minimum absolute atomic E-state index is 0.121. The molecule has 0 N–H and O–H groups in total. The molecule has 88 valence electrons. The molecule has 1 nitrogen and oxygen atoms in total. The van der Waals surface area contributed by atoms with Crippen molar-refractivity contribution in [3.63, 3.8) is 0 Å². The maximum Gasteiger partial charge on any atom is 0.177 e. The van der Waals surface area contributed by atoms with Gasteiger partial charge in [-0.15, -0.1) is 11.3 Å². The van der Waals surface area contributed by atoms with Gasteiger partial charge in [0.1, 0.15) is 0 Å². The van der Waals surface area contributed by atoms with Gasteiger partial charge in [-0.05, 0) is 41.6 Å². The highest BCUT2D eigenvalue weighted by atomic mass is 35.5. The zero-order valence-corrected chi connectivity index (χ0v) is 11.5. The Labute approximate surface area is 114 Å². The van der Waals surface area contributed by atoms with E-state index in [2.05, 4.69) is 0 Å². The fraction of sp³-hybridized carbons (Fsp3) is 0.154. The molecule has 0 saturated heterocycles. The molecular weight excluding hydrogens is 275 g/mol. The second-order valence-electron chi connectivity index (χ2n) is 3.78.